The monoisotopic (exact) mass is 323 g/mol. The van der Waals surface area contributed by atoms with E-state index in [2.05, 4.69) is 4.98 Å². The van der Waals surface area contributed by atoms with Crippen molar-refractivity contribution in [3.05, 3.63) is 35.3 Å². The minimum Gasteiger partial charge on any atom is -0.497 e. The van der Waals surface area contributed by atoms with E-state index in [0.717, 1.165) is 22.0 Å². The quantitative estimate of drug-likeness (QED) is 0.728. The molecular weight excluding hydrogens is 306 g/mol. The van der Waals surface area contributed by atoms with Crippen molar-refractivity contribution in [3.63, 3.8) is 0 Å². The first-order chi connectivity index (χ1) is 10.2. The number of methoxy groups -OCH3 is 1. The second kappa shape index (κ2) is 8.05. The molecule has 0 atom stereocenters. The van der Waals surface area contributed by atoms with Crippen molar-refractivity contribution in [1.82, 2.24) is 4.98 Å². The van der Waals surface area contributed by atoms with Gasteiger partial charge in [-0.3, -0.25) is 4.79 Å². The Hall–Kier alpha value is -1.53. The summed E-state index contributed by atoms with van der Waals surface area (Å²) in [4.78, 5) is 15.8. The number of nitrogens with zero attached hydrogens (tertiary/aromatic N) is 1. The van der Waals surface area contributed by atoms with Gasteiger partial charge in [0.05, 0.1) is 25.2 Å². The van der Waals surface area contributed by atoms with Crippen LogP contribution in [0.3, 0.4) is 0 Å². The summed E-state index contributed by atoms with van der Waals surface area (Å²) in [5, 5.41) is 3.00. The highest BCUT2D eigenvalue weighted by Gasteiger charge is 2.07. The van der Waals surface area contributed by atoms with Gasteiger partial charge in [0, 0.05) is 16.7 Å². The molecular formula is C15H17NO3S2. The molecule has 6 heteroatoms. The Morgan fingerprint density at radius 2 is 2.10 bits per heavy atom. The third kappa shape index (κ3) is 4.75. The van der Waals surface area contributed by atoms with Crippen LogP contribution in [-0.2, 0) is 15.3 Å². The standard InChI is InChI=1S/C15H17NO3S2/c1-3-19-14(17)10-20-8-12-9-21-15(16-12)11-4-6-13(18-2)7-5-11/h4-7,9H,3,8,10H2,1-2H3. The van der Waals surface area contributed by atoms with Crippen LogP contribution < -0.4 is 4.74 Å². The van der Waals surface area contributed by atoms with Gasteiger partial charge in [0.25, 0.3) is 0 Å². The molecule has 0 spiro atoms. The van der Waals surface area contributed by atoms with Crippen molar-refractivity contribution in [2.45, 2.75) is 12.7 Å². The zero-order chi connectivity index (χ0) is 15.1. The molecule has 0 aliphatic rings. The highest BCUT2D eigenvalue weighted by molar-refractivity contribution is 7.99. The fourth-order valence-electron chi connectivity index (χ4n) is 1.68. The Bertz CT molecular complexity index is 581. The van der Waals surface area contributed by atoms with Crippen molar-refractivity contribution in [1.29, 1.82) is 0 Å². The maximum absolute atomic E-state index is 11.2. The van der Waals surface area contributed by atoms with Crippen LogP contribution >= 0.6 is 23.1 Å². The molecule has 1 heterocycles. The Balaban J connectivity index is 1.90. The van der Waals surface area contributed by atoms with Crippen LogP contribution in [0.25, 0.3) is 10.6 Å². The van der Waals surface area contributed by atoms with Crippen molar-refractivity contribution in [2.75, 3.05) is 19.5 Å². The summed E-state index contributed by atoms with van der Waals surface area (Å²) in [6.45, 7) is 2.24. The fourth-order valence-corrected chi connectivity index (χ4v) is 3.32. The second-order valence-corrected chi connectivity index (χ2v) is 6.01. The number of rotatable bonds is 7. The normalized spacial score (nSPS) is 10.4. The van der Waals surface area contributed by atoms with Crippen LogP contribution in [0, 0.1) is 0 Å². The average molecular weight is 323 g/mol. The molecule has 0 bridgehead atoms. The summed E-state index contributed by atoms with van der Waals surface area (Å²) in [5.74, 6) is 1.74. The van der Waals surface area contributed by atoms with Gasteiger partial charge in [0.1, 0.15) is 10.8 Å². The van der Waals surface area contributed by atoms with E-state index in [4.69, 9.17) is 9.47 Å². The van der Waals surface area contributed by atoms with Gasteiger partial charge in [0.15, 0.2) is 0 Å². The van der Waals surface area contributed by atoms with Crippen LogP contribution in [0.2, 0.25) is 0 Å². The van der Waals surface area contributed by atoms with Gasteiger partial charge in [-0.05, 0) is 31.2 Å². The maximum atomic E-state index is 11.2. The number of benzene rings is 1. The molecule has 21 heavy (non-hydrogen) atoms. The van der Waals surface area contributed by atoms with Crippen molar-refractivity contribution >= 4 is 29.1 Å². The molecule has 0 radical (unpaired) electrons. The fraction of sp³-hybridized carbons (Fsp3) is 0.333. The molecule has 1 aromatic carbocycles. The summed E-state index contributed by atoms with van der Waals surface area (Å²) >= 11 is 3.12. The lowest BCUT2D eigenvalue weighted by molar-refractivity contribution is -0.139. The third-order valence-electron chi connectivity index (χ3n) is 2.66. The number of hydrogen-bond donors (Lipinski definition) is 0. The molecule has 0 amide bonds. The van der Waals surface area contributed by atoms with Crippen LogP contribution in [0.1, 0.15) is 12.6 Å². The SMILES string of the molecule is CCOC(=O)CSCc1csc(-c2ccc(OC)cc2)n1. The van der Waals surface area contributed by atoms with Crippen molar-refractivity contribution in [2.24, 2.45) is 0 Å². The maximum Gasteiger partial charge on any atom is 0.315 e. The topological polar surface area (TPSA) is 48.4 Å². The summed E-state index contributed by atoms with van der Waals surface area (Å²) < 4.78 is 10.0. The molecule has 0 saturated carbocycles. The van der Waals surface area contributed by atoms with Gasteiger partial charge in [-0.1, -0.05) is 0 Å². The Morgan fingerprint density at radius 1 is 1.33 bits per heavy atom. The van der Waals surface area contributed by atoms with Gasteiger partial charge in [-0.25, -0.2) is 4.98 Å². The van der Waals surface area contributed by atoms with Crippen molar-refractivity contribution < 1.29 is 14.3 Å². The Kier molecular flexibility index (Phi) is 6.07. The average Bonchev–Trinajstić information content (AvgIpc) is 2.96. The molecule has 0 saturated heterocycles. The van der Waals surface area contributed by atoms with E-state index in [9.17, 15) is 4.79 Å². The van der Waals surface area contributed by atoms with Gasteiger partial charge in [-0.2, -0.15) is 0 Å². The molecule has 4 nitrogen and oxygen atoms in total. The largest absolute Gasteiger partial charge is 0.497 e. The number of thiazole rings is 1. The Labute approximate surface area is 132 Å². The van der Waals surface area contributed by atoms with Gasteiger partial charge in [-0.15, -0.1) is 23.1 Å². The highest BCUT2D eigenvalue weighted by atomic mass is 32.2. The summed E-state index contributed by atoms with van der Waals surface area (Å²) in [5.41, 5.74) is 2.06. The van der Waals surface area contributed by atoms with Gasteiger partial charge >= 0.3 is 5.97 Å². The summed E-state index contributed by atoms with van der Waals surface area (Å²) in [6.07, 6.45) is 0. The molecule has 2 rings (SSSR count). The molecule has 0 fully saturated rings. The van der Waals surface area contributed by atoms with E-state index in [1.54, 1.807) is 18.4 Å². The molecule has 112 valence electrons. The number of esters is 1. The number of thioether (sulfide) groups is 1. The first-order valence-corrected chi connectivity index (χ1v) is 8.58. The zero-order valence-corrected chi connectivity index (χ0v) is 13.6. The number of carbonyl (C=O) groups is 1. The van der Waals surface area contributed by atoms with E-state index in [-0.39, 0.29) is 5.97 Å². The predicted octanol–water partition coefficient (Wildman–Crippen LogP) is 3.62. The molecule has 0 unspecified atom stereocenters. The van der Waals surface area contributed by atoms with Crippen LogP contribution in [0.15, 0.2) is 29.6 Å². The first kappa shape index (κ1) is 15.9. The van der Waals surface area contributed by atoms with Crippen LogP contribution in [-0.4, -0.2) is 30.4 Å². The van der Waals surface area contributed by atoms with E-state index >= 15 is 0 Å². The smallest absolute Gasteiger partial charge is 0.315 e. The van der Waals surface area contributed by atoms with Gasteiger partial charge < -0.3 is 9.47 Å². The molecule has 0 aliphatic carbocycles. The van der Waals surface area contributed by atoms with E-state index in [1.165, 1.54) is 11.8 Å². The number of aromatic nitrogens is 1. The molecule has 0 N–H and O–H groups in total. The lowest BCUT2D eigenvalue weighted by atomic mass is 10.2. The van der Waals surface area contributed by atoms with Crippen LogP contribution in [0.5, 0.6) is 5.75 Å². The second-order valence-electron chi connectivity index (χ2n) is 4.17. The zero-order valence-electron chi connectivity index (χ0n) is 12.0. The summed E-state index contributed by atoms with van der Waals surface area (Å²) in [7, 11) is 1.65. The minimum atomic E-state index is -0.173. The van der Waals surface area contributed by atoms with Crippen LogP contribution in [0.4, 0.5) is 0 Å². The number of ether oxygens (including phenoxy) is 2. The van der Waals surface area contributed by atoms with Crippen molar-refractivity contribution in [3.8, 4) is 16.3 Å². The highest BCUT2D eigenvalue weighted by Crippen LogP contribution is 2.27. The van der Waals surface area contributed by atoms with E-state index in [0.29, 0.717) is 18.1 Å². The lowest BCUT2D eigenvalue weighted by Crippen LogP contribution is -2.06. The van der Waals surface area contributed by atoms with E-state index in [1.807, 2.05) is 36.6 Å². The van der Waals surface area contributed by atoms with E-state index < -0.39 is 0 Å². The minimum absolute atomic E-state index is 0.173. The predicted molar refractivity (Wildman–Crippen MR) is 86.9 cm³/mol. The lowest BCUT2D eigenvalue weighted by Gasteiger charge is -2.01. The molecule has 0 aliphatic heterocycles. The Morgan fingerprint density at radius 3 is 2.76 bits per heavy atom. The molecule has 2 aromatic rings. The first-order valence-electron chi connectivity index (χ1n) is 6.55. The summed E-state index contributed by atoms with van der Waals surface area (Å²) in [6, 6.07) is 7.83. The third-order valence-corrected chi connectivity index (χ3v) is 4.54. The number of hydrogen-bond acceptors (Lipinski definition) is 6. The van der Waals surface area contributed by atoms with Gasteiger partial charge in [0.2, 0.25) is 0 Å². The number of carbonyl (C=O) groups excluding carboxylic acids is 1. The molecule has 1 aromatic heterocycles.